The molecule has 0 aliphatic carbocycles. The van der Waals surface area contributed by atoms with Gasteiger partial charge in [-0.3, -0.25) is 0 Å². The van der Waals surface area contributed by atoms with E-state index in [-0.39, 0.29) is 0 Å². The summed E-state index contributed by atoms with van der Waals surface area (Å²) in [4.78, 5) is 0. The van der Waals surface area contributed by atoms with Crippen LogP contribution in [0.3, 0.4) is 0 Å². The Balaban J connectivity index is 2.73. The molecule has 0 aromatic heterocycles. The maximum atomic E-state index is 8.90. The second-order valence-electron chi connectivity index (χ2n) is 2.89. The molecule has 0 aliphatic rings. The van der Waals surface area contributed by atoms with E-state index in [9.17, 15) is 0 Å². The van der Waals surface area contributed by atoms with Gasteiger partial charge < -0.3 is 0 Å². The number of nitrogen functional groups attached to an aromatic ring is 1. The standard InChI is InChI=1S/C10H16AsNO/c1-2-11(7-8-13)9-3-5-10(12)6-4-9/h3-6,13H,2,7-8,12H2,1H3. The van der Waals surface area contributed by atoms with Crippen LogP contribution in [-0.4, -0.2) is 26.4 Å². The van der Waals surface area contributed by atoms with Crippen molar-refractivity contribution in [2.24, 2.45) is 0 Å². The Kier molecular flexibility index (Phi) is 4.34. The third kappa shape index (κ3) is 3.05. The van der Waals surface area contributed by atoms with E-state index in [0.29, 0.717) is 6.61 Å². The number of nitrogens with two attached hydrogens (primary N) is 1. The van der Waals surface area contributed by atoms with Gasteiger partial charge in [-0.2, -0.15) is 0 Å². The molecule has 13 heavy (non-hydrogen) atoms. The molecular formula is C10H16AsNO. The molecule has 1 aromatic carbocycles. The van der Waals surface area contributed by atoms with Crippen molar-refractivity contribution in [2.75, 3.05) is 12.3 Å². The zero-order valence-electron chi connectivity index (χ0n) is 7.90. The van der Waals surface area contributed by atoms with Crippen LogP contribution in [0.5, 0.6) is 0 Å². The summed E-state index contributed by atoms with van der Waals surface area (Å²) in [6.07, 6.45) is 0. The van der Waals surface area contributed by atoms with Gasteiger partial charge in [0.2, 0.25) is 0 Å². The van der Waals surface area contributed by atoms with Crippen LogP contribution in [0, 0.1) is 0 Å². The third-order valence-corrected chi connectivity index (χ3v) is 7.32. The minimum atomic E-state index is -0.965. The van der Waals surface area contributed by atoms with Gasteiger partial charge in [0.05, 0.1) is 0 Å². The molecule has 0 heterocycles. The molecule has 0 fully saturated rings. The molecule has 0 aliphatic heterocycles. The SMILES string of the molecule is CC[As](CCO)c1ccc(N)cc1. The van der Waals surface area contributed by atoms with E-state index in [1.54, 1.807) is 0 Å². The Morgan fingerprint density at radius 1 is 1.31 bits per heavy atom. The fraction of sp³-hybridized carbons (Fsp3) is 0.400. The van der Waals surface area contributed by atoms with Crippen LogP contribution in [0.15, 0.2) is 24.3 Å². The van der Waals surface area contributed by atoms with E-state index in [1.807, 2.05) is 12.1 Å². The van der Waals surface area contributed by atoms with Crippen molar-refractivity contribution in [3.63, 3.8) is 0 Å². The maximum absolute atomic E-state index is 8.90. The number of hydrogen-bond acceptors (Lipinski definition) is 2. The van der Waals surface area contributed by atoms with Crippen molar-refractivity contribution in [1.29, 1.82) is 0 Å². The Morgan fingerprint density at radius 2 is 1.92 bits per heavy atom. The number of hydrogen-bond donors (Lipinski definition) is 2. The normalized spacial score (nSPS) is 12.8. The van der Waals surface area contributed by atoms with Crippen LogP contribution in [-0.2, 0) is 0 Å². The molecule has 3 N–H and O–H groups in total. The van der Waals surface area contributed by atoms with E-state index in [1.165, 1.54) is 9.56 Å². The second kappa shape index (κ2) is 5.31. The van der Waals surface area contributed by atoms with E-state index >= 15 is 0 Å². The monoisotopic (exact) mass is 241 g/mol. The fourth-order valence-electron chi connectivity index (χ4n) is 1.28. The molecule has 0 saturated carbocycles. The number of aliphatic hydroxyl groups excluding tert-OH is 1. The van der Waals surface area contributed by atoms with Gasteiger partial charge in [0.15, 0.2) is 0 Å². The van der Waals surface area contributed by atoms with Gasteiger partial charge in [0.25, 0.3) is 0 Å². The first-order chi connectivity index (χ1) is 6.27. The molecule has 0 bridgehead atoms. The van der Waals surface area contributed by atoms with Crippen molar-refractivity contribution in [2.45, 2.75) is 17.3 Å². The minimum absolute atomic E-state index is 0.318. The summed E-state index contributed by atoms with van der Waals surface area (Å²) in [6, 6.07) is 8.11. The molecule has 0 saturated heterocycles. The predicted octanol–water partition coefficient (Wildman–Crippen LogP) is 0.983. The van der Waals surface area contributed by atoms with Crippen molar-refractivity contribution >= 4 is 24.7 Å². The van der Waals surface area contributed by atoms with E-state index in [0.717, 1.165) is 10.9 Å². The Hall–Kier alpha value is -0.462. The summed E-state index contributed by atoms with van der Waals surface area (Å²) in [5.74, 6) is 0. The first-order valence-electron chi connectivity index (χ1n) is 4.49. The zero-order chi connectivity index (χ0) is 9.68. The molecule has 3 heteroatoms. The summed E-state index contributed by atoms with van der Waals surface area (Å²) in [6.45, 7) is 2.52. The van der Waals surface area contributed by atoms with Crippen LogP contribution < -0.4 is 10.1 Å². The van der Waals surface area contributed by atoms with Crippen LogP contribution in [0.25, 0.3) is 0 Å². The Bertz CT molecular complexity index is 248. The van der Waals surface area contributed by atoms with Crippen molar-refractivity contribution < 1.29 is 5.11 Å². The van der Waals surface area contributed by atoms with Gasteiger partial charge in [-0.25, -0.2) is 0 Å². The molecule has 1 unspecified atom stereocenters. The molecular weight excluding hydrogens is 225 g/mol. The summed E-state index contributed by atoms with van der Waals surface area (Å²) in [7, 11) is 0. The topological polar surface area (TPSA) is 46.2 Å². The van der Waals surface area contributed by atoms with Gasteiger partial charge in [0.1, 0.15) is 0 Å². The van der Waals surface area contributed by atoms with Crippen molar-refractivity contribution in [3.8, 4) is 0 Å². The first-order valence-corrected chi connectivity index (χ1v) is 8.08. The molecule has 72 valence electrons. The molecule has 2 nitrogen and oxygen atoms in total. The van der Waals surface area contributed by atoms with Gasteiger partial charge in [-0.05, 0) is 0 Å². The van der Waals surface area contributed by atoms with Gasteiger partial charge in [-0.15, -0.1) is 0 Å². The first kappa shape index (κ1) is 10.6. The Labute approximate surface area is 84.0 Å². The van der Waals surface area contributed by atoms with Gasteiger partial charge >= 0.3 is 83.7 Å². The third-order valence-electron chi connectivity index (χ3n) is 2.01. The predicted molar refractivity (Wildman–Crippen MR) is 58.6 cm³/mol. The van der Waals surface area contributed by atoms with Crippen LogP contribution in [0.4, 0.5) is 5.69 Å². The number of aliphatic hydroxyl groups is 1. The van der Waals surface area contributed by atoms with Crippen LogP contribution in [0.2, 0.25) is 10.4 Å². The van der Waals surface area contributed by atoms with Crippen molar-refractivity contribution in [1.82, 2.24) is 0 Å². The summed E-state index contributed by atoms with van der Waals surface area (Å²) >= 11 is -0.965. The molecule has 1 atom stereocenters. The quantitative estimate of drug-likeness (QED) is 0.609. The number of rotatable bonds is 4. The average Bonchev–Trinajstić information content (AvgIpc) is 2.16. The number of anilines is 1. The van der Waals surface area contributed by atoms with Gasteiger partial charge in [0, 0.05) is 0 Å². The van der Waals surface area contributed by atoms with E-state index in [2.05, 4.69) is 19.1 Å². The fourth-order valence-corrected chi connectivity index (χ4v) is 4.95. The van der Waals surface area contributed by atoms with E-state index < -0.39 is 14.7 Å². The second-order valence-corrected chi connectivity index (χ2v) is 8.51. The molecule has 0 amide bonds. The zero-order valence-corrected chi connectivity index (χ0v) is 9.78. The van der Waals surface area contributed by atoms with Crippen LogP contribution >= 0.6 is 0 Å². The Morgan fingerprint density at radius 3 is 2.38 bits per heavy atom. The molecule has 1 rings (SSSR count). The number of benzene rings is 1. The molecule has 0 radical (unpaired) electrons. The summed E-state index contributed by atoms with van der Waals surface area (Å²) in [5.41, 5.74) is 6.43. The van der Waals surface area contributed by atoms with E-state index in [4.69, 9.17) is 10.8 Å². The summed E-state index contributed by atoms with van der Waals surface area (Å²) < 4.78 is 1.42. The van der Waals surface area contributed by atoms with Crippen LogP contribution in [0.1, 0.15) is 6.92 Å². The van der Waals surface area contributed by atoms with Crippen molar-refractivity contribution in [3.05, 3.63) is 24.3 Å². The van der Waals surface area contributed by atoms with Gasteiger partial charge in [-0.1, -0.05) is 0 Å². The molecule has 1 aromatic rings. The average molecular weight is 241 g/mol. The summed E-state index contributed by atoms with van der Waals surface area (Å²) in [5, 5.41) is 11.1. The molecule has 0 spiro atoms.